The van der Waals surface area contributed by atoms with Crippen molar-refractivity contribution in [2.45, 2.75) is 44.4 Å². The van der Waals surface area contributed by atoms with Gasteiger partial charge in [-0.25, -0.2) is 9.37 Å². The highest BCUT2D eigenvalue weighted by Gasteiger charge is 2.28. The fraction of sp³-hybridized carbons (Fsp3) is 0.471. The van der Waals surface area contributed by atoms with Gasteiger partial charge < -0.3 is 10.1 Å². The van der Waals surface area contributed by atoms with Crippen LogP contribution in [0.4, 0.5) is 4.39 Å². The third-order valence-corrected chi connectivity index (χ3v) is 4.14. The Morgan fingerprint density at radius 1 is 1.42 bits per heavy atom. The molecule has 1 aliphatic heterocycles. The summed E-state index contributed by atoms with van der Waals surface area (Å²) in [5, 5.41) is 7.05. The number of benzene rings is 1. The van der Waals surface area contributed by atoms with Crippen LogP contribution in [0.5, 0.6) is 0 Å². The Balaban J connectivity index is 1.58. The molecule has 7 heteroatoms. The number of carbonyl (C=O) groups excluding carboxylic acids is 1. The standard InChI is InChI=1S/C17H21FN4O2/c18-14-7-5-13(6-8-14)17(15-3-2-10-24-15)21-16(23)4-1-9-22-12-19-11-20-22/h5-8,11-12,15,17H,1-4,9-10H2,(H,21,23). The van der Waals surface area contributed by atoms with Crippen LogP contribution in [0.1, 0.15) is 37.3 Å². The van der Waals surface area contributed by atoms with Gasteiger partial charge in [-0.1, -0.05) is 12.1 Å². The normalized spacial score (nSPS) is 18.5. The summed E-state index contributed by atoms with van der Waals surface area (Å²) >= 11 is 0. The van der Waals surface area contributed by atoms with Crippen LogP contribution in [0.25, 0.3) is 0 Å². The second kappa shape index (κ2) is 8.01. The Kier molecular flexibility index (Phi) is 5.53. The third-order valence-electron chi connectivity index (χ3n) is 4.14. The zero-order valence-corrected chi connectivity index (χ0v) is 13.4. The quantitative estimate of drug-likeness (QED) is 0.844. The van der Waals surface area contributed by atoms with Gasteiger partial charge in [0.25, 0.3) is 0 Å². The molecular weight excluding hydrogens is 311 g/mol. The molecule has 128 valence electrons. The number of halogens is 1. The summed E-state index contributed by atoms with van der Waals surface area (Å²) in [6, 6.07) is 5.99. The van der Waals surface area contributed by atoms with E-state index in [2.05, 4.69) is 15.4 Å². The van der Waals surface area contributed by atoms with Crippen molar-refractivity contribution in [2.75, 3.05) is 6.61 Å². The Hall–Kier alpha value is -2.28. The Morgan fingerprint density at radius 3 is 2.92 bits per heavy atom. The zero-order chi connectivity index (χ0) is 16.8. The van der Waals surface area contributed by atoms with Crippen LogP contribution in [0.2, 0.25) is 0 Å². The van der Waals surface area contributed by atoms with E-state index in [1.165, 1.54) is 18.5 Å². The summed E-state index contributed by atoms with van der Waals surface area (Å²) in [4.78, 5) is 16.2. The molecule has 24 heavy (non-hydrogen) atoms. The van der Waals surface area contributed by atoms with Crippen LogP contribution >= 0.6 is 0 Å². The second-order valence-corrected chi connectivity index (χ2v) is 5.91. The lowest BCUT2D eigenvalue weighted by Gasteiger charge is -2.25. The predicted octanol–water partition coefficient (Wildman–Crippen LogP) is 2.23. The zero-order valence-electron chi connectivity index (χ0n) is 13.4. The van der Waals surface area contributed by atoms with E-state index in [1.807, 2.05) is 0 Å². The summed E-state index contributed by atoms with van der Waals surface area (Å²) in [7, 11) is 0. The first-order valence-electron chi connectivity index (χ1n) is 8.21. The van der Waals surface area contributed by atoms with Gasteiger partial charge >= 0.3 is 0 Å². The third kappa shape index (κ3) is 4.38. The topological polar surface area (TPSA) is 69.0 Å². The van der Waals surface area contributed by atoms with Crippen LogP contribution < -0.4 is 5.32 Å². The Bertz CT molecular complexity index is 639. The summed E-state index contributed by atoms with van der Waals surface area (Å²) in [5.41, 5.74) is 0.868. The van der Waals surface area contributed by atoms with Gasteiger partial charge in [-0.15, -0.1) is 0 Å². The molecule has 1 aromatic carbocycles. The molecule has 2 unspecified atom stereocenters. The largest absolute Gasteiger partial charge is 0.376 e. The van der Waals surface area contributed by atoms with E-state index >= 15 is 0 Å². The number of hydrogen-bond donors (Lipinski definition) is 1. The highest BCUT2D eigenvalue weighted by atomic mass is 19.1. The van der Waals surface area contributed by atoms with E-state index in [-0.39, 0.29) is 23.9 Å². The molecule has 0 saturated carbocycles. The molecule has 3 rings (SSSR count). The lowest BCUT2D eigenvalue weighted by molar-refractivity contribution is -0.123. The molecule has 1 N–H and O–H groups in total. The number of nitrogens with zero attached hydrogens (tertiary/aromatic N) is 3. The number of amides is 1. The molecule has 2 aromatic rings. The second-order valence-electron chi connectivity index (χ2n) is 5.91. The van der Waals surface area contributed by atoms with Crippen LogP contribution in [-0.2, 0) is 16.1 Å². The molecule has 0 aliphatic carbocycles. The number of rotatable bonds is 7. The SMILES string of the molecule is O=C(CCCn1cncn1)NC(c1ccc(F)cc1)C1CCCO1. The molecular formula is C17H21FN4O2. The predicted molar refractivity (Wildman–Crippen MR) is 85.5 cm³/mol. The highest BCUT2D eigenvalue weighted by molar-refractivity contribution is 5.76. The van der Waals surface area contributed by atoms with Crippen molar-refractivity contribution in [2.24, 2.45) is 0 Å². The van der Waals surface area contributed by atoms with Crippen LogP contribution in [0, 0.1) is 5.82 Å². The number of nitrogens with one attached hydrogen (secondary N) is 1. The van der Waals surface area contributed by atoms with Gasteiger partial charge in [0.15, 0.2) is 0 Å². The average molecular weight is 332 g/mol. The molecule has 2 atom stereocenters. The van der Waals surface area contributed by atoms with Crippen molar-refractivity contribution in [1.29, 1.82) is 0 Å². The minimum absolute atomic E-state index is 0.0417. The lowest BCUT2D eigenvalue weighted by atomic mass is 9.99. The molecule has 1 amide bonds. The van der Waals surface area contributed by atoms with Gasteiger partial charge in [0, 0.05) is 19.6 Å². The van der Waals surface area contributed by atoms with Gasteiger partial charge in [0.2, 0.25) is 5.91 Å². The van der Waals surface area contributed by atoms with Gasteiger partial charge in [-0.3, -0.25) is 9.48 Å². The van der Waals surface area contributed by atoms with Crippen molar-refractivity contribution < 1.29 is 13.9 Å². The smallest absolute Gasteiger partial charge is 0.220 e. The van der Waals surface area contributed by atoms with E-state index in [0.29, 0.717) is 26.0 Å². The van der Waals surface area contributed by atoms with Crippen LogP contribution in [-0.4, -0.2) is 33.4 Å². The molecule has 1 aliphatic rings. The number of ether oxygens (including phenoxy) is 1. The maximum absolute atomic E-state index is 13.2. The molecule has 6 nitrogen and oxygen atoms in total. The van der Waals surface area contributed by atoms with Crippen LogP contribution in [0.3, 0.4) is 0 Å². The minimum Gasteiger partial charge on any atom is -0.376 e. The van der Waals surface area contributed by atoms with Crippen molar-refractivity contribution in [3.63, 3.8) is 0 Å². The first-order valence-corrected chi connectivity index (χ1v) is 8.21. The molecule has 1 fully saturated rings. The Labute approximate surface area is 140 Å². The van der Waals surface area contributed by atoms with E-state index in [1.54, 1.807) is 23.1 Å². The van der Waals surface area contributed by atoms with Crippen molar-refractivity contribution in [3.8, 4) is 0 Å². The van der Waals surface area contributed by atoms with Gasteiger partial charge in [-0.2, -0.15) is 5.10 Å². The van der Waals surface area contributed by atoms with Gasteiger partial charge in [0.1, 0.15) is 18.5 Å². The molecule has 0 spiro atoms. The van der Waals surface area contributed by atoms with Crippen molar-refractivity contribution in [1.82, 2.24) is 20.1 Å². The lowest BCUT2D eigenvalue weighted by Crippen LogP contribution is -2.36. The number of aromatic nitrogens is 3. The van der Waals surface area contributed by atoms with E-state index in [4.69, 9.17) is 4.74 Å². The molecule has 0 bridgehead atoms. The minimum atomic E-state index is -0.288. The van der Waals surface area contributed by atoms with Crippen molar-refractivity contribution in [3.05, 3.63) is 48.3 Å². The first-order chi connectivity index (χ1) is 11.7. The summed E-state index contributed by atoms with van der Waals surface area (Å²) in [6.07, 6.45) is 5.98. The monoisotopic (exact) mass is 332 g/mol. The number of aryl methyl sites for hydroxylation is 1. The number of carbonyl (C=O) groups is 1. The maximum atomic E-state index is 13.2. The fourth-order valence-corrected chi connectivity index (χ4v) is 2.92. The van der Waals surface area contributed by atoms with Gasteiger partial charge in [0.05, 0.1) is 12.1 Å². The molecule has 1 aromatic heterocycles. The van der Waals surface area contributed by atoms with E-state index in [0.717, 1.165) is 18.4 Å². The molecule has 1 saturated heterocycles. The first kappa shape index (κ1) is 16.6. The van der Waals surface area contributed by atoms with E-state index < -0.39 is 0 Å². The number of hydrogen-bond acceptors (Lipinski definition) is 4. The molecule has 0 radical (unpaired) electrons. The average Bonchev–Trinajstić information content (AvgIpc) is 3.27. The maximum Gasteiger partial charge on any atom is 0.220 e. The summed E-state index contributed by atoms with van der Waals surface area (Å²) in [5.74, 6) is -0.330. The summed E-state index contributed by atoms with van der Waals surface area (Å²) < 4.78 is 20.6. The van der Waals surface area contributed by atoms with Crippen molar-refractivity contribution >= 4 is 5.91 Å². The highest BCUT2D eigenvalue weighted by Crippen LogP contribution is 2.27. The van der Waals surface area contributed by atoms with E-state index in [9.17, 15) is 9.18 Å². The van der Waals surface area contributed by atoms with Crippen LogP contribution in [0.15, 0.2) is 36.9 Å². The fourth-order valence-electron chi connectivity index (χ4n) is 2.92. The molecule has 2 heterocycles. The van der Waals surface area contributed by atoms with Gasteiger partial charge in [-0.05, 0) is 37.0 Å². The summed E-state index contributed by atoms with van der Waals surface area (Å²) in [6.45, 7) is 1.35. The Morgan fingerprint density at radius 2 is 2.25 bits per heavy atom.